The van der Waals surface area contributed by atoms with Crippen LogP contribution >= 0.6 is 15.9 Å². The third-order valence-electron chi connectivity index (χ3n) is 3.94. The van der Waals surface area contributed by atoms with Crippen molar-refractivity contribution >= 4 is 39.7 Å². The van der Waals surface area contributed by atoms with Crippen LogP contribution in [-0.4, -0.2) is 35.0 Å². The van der Waals surface area contributed by atoms with E-state index < -0.39 is 0 Å². The van der Waals surface area contributed by atoms with Crippen LogP contribution in [0.1, 0.15) is 18.2 Å². The lowest BCUT2D eigenvalue weighted by atomic mass is 10.2. The van der Waals surface area contributed by atoms with Gasteiger partial charge in [0.2, 0.25) is 5.95 Å². The average Bonchev–Trinajstić information content (AvgIpc) is 3.04. The summed E-state index contributed by atoms with van der Waals surface area (Å²) >= 11 is 3.51. The first-order valence-electron chi connectivity index (χ1n) is 9.26. The van der Waals surface area contributed by atoms with Crippen molar-refractivity contribution in [3.63, 3.8) is 0 Å². The van der Waals surface area contributed by atoms with Crippen molar-refractivity contribution in [1.29, 1.82) is 0 Å². The van der Waals surface area contributed by atoms with E-state index in [9.17, 15) is 4.79 Å². The highest BCUT2D eigenvalue weighted by molar-refractivity contribution is 9.10. The topological polar surface area (TPSA) is 104 Å². The lowest BCUT2D eigenvalue weighted by Gasteiger charge is -2.14. The van der Waals surface area contributed by atoms with Gasteiger partial charge in [-0.25, -0.2) is 9.66 Å². The number of carbonyl (C=O) groups is 1. The predicted octanol–water partition coefficient (Wildman–Crippen LogP) is 3.83. The van der Waals surface area contributed by atoms with Crippen LogP contribution in [0.4, 0.5) is 11.6 Å². The maximum absolute atomic E-state index is 12.2. The van der Waals surface area contributed by atoms with Gasteiger partial charge >= 0.3 is 0 Å². The Bertz CT molecular complexity index is 1050. The molecule has 0 saturated carbocycles. The summed E-state index contributed by atoms with van der Waals surface area (Å²) in [6.45, 7) is 4.00. The summed E-state index contributed by atoms with van der Waals surface area (Å²) in [6, 6.07) is 12.7. The Morgan fingerprint density at radius 3 is 2.67 bits per heavy atom. The summed E-state index contributed by atoms with van der Waals surface area (Å²) in [5.41, 5.74) is 8.05. The molecule has 8 nitrogen and oxygen atoms in total. The van der Waals surface area contributed by atoms with Gasteiger partial charge in [-0.3, -0.25) is 4.79 Å². The molecule has 0 radical (unpaired) electrons. The second-order valence-corrected chi connectivity index (χ2v) is 7.14. The fourth-order valence-corrected chi connectivity index (χ4v) is 3.04. The SMILES string of the molecule is CCOc1cc(C=Nn2cc(C)nc2N)c(Br)cc1OCC(=O)Nc1ccccc1. The van der Waals surface area contributed by atoms with Crippen LogP contribution in [-0.2, 0) is 4.79 Å². The largest absolute Gasteiger partial charge is 0.490 e. The Morgan fingerprint density at radius 2 is 2.00 bits per heavy atom. The number of halogens is 1. The van der Waals surface area contributed by atoms with E-state index in [-0.39, 0.29) is 12.5 Å². The molecule has 30 heavy (non-hydrogen) atoms. The number of amides is 1. The third kappa shape index (κ3) is 5.60. The number of para-hydroxylation sites is 1. The fourth-order valence-electron chi connectivity index (χ4n) is 2.61. The number of benzene rings is 2. The Morgan fingerprint density at radius 1 is 1.27 bits per heavy atom. The summed E-state index contributed by atoms with van der Waals surface area (Å²) < 4.78 is 13.6. The van der Waals surface area contributed by atoms with Gasteiger partial charge in [0.25, 0.3) is 5.91 Å². The first-order valence-corrected chi connectivity index (χ1v) is 10.1. The lowest BCUT2D eigenvalue weighted by molar-refractivity contribution is -0.118. The number of nitrogens with one attached hydrogen (secondary N) is 1. The first kappa shape index (κ1) is 21.4. The zero-order valence-corrected chi connectivity index (χ0v) is 18.2. The molecular formula is C21H22BrN5O3. The van der Waals surface area contributed by atoms with Crippen molar-refractivity contribution in [2.24, 2.45) is 5.10 Å². The van der Waals surface area contributed by atoms with Crippen molar-refractivity contribution in [3.8, 4) is 11.5 Å². The second-order valence-electron chi connectivity index (χ2n) is 6.29. The number of hydrogen-bond acceptors (Lipinski definition) is 6. The quantitative estimate of drug-likeness (QED) is 0.485. The zero-order chi connectivity index (χ0) is 21.5. The van der Waals surface area contributed by atoms with E-state index in [4.69, 9.17) is 15.2 Å². The van der Waals surface area contributed by atoms with Gasteiger partial charge in [0.15, 0.2) is 18.1 Å². The fraction of sp³-hybridized carbons (Fsp3) is 0.190. The van der Waals surface area contributed by atoms with Crippen LogP contribution in [0.5, 0.6) is 11.5 Å². The van der Waals surface area contributed by atoms with E-state index >= 15 is 0 Å². The Balaban J connectivity index is 1.74. The number of hydrogen-bond donors (Lipinski definition) is 2. The minimum absolute atomic E-state index is 0.153. The standard InChI is InChI=1S/C21H22BrN5O3/c1-3-29-18-9-15(11-24-27-12-14(2)25-21(27)23)17(22)10-19(18)30-13-20(28)26-16-7-5-4-6-8-16/h4-12H,3,13H2,1-2H3,(H2,23,25)(H,26,28). The van der Waals surface area contributed by atoms with Crippen LogP contribution < -0.4 is 20.5 Å². The molecular weight excluding hydrogens is 450 g/mol. The van der Waals surface area contributed by atoms with Crippen molar-refractivity contribution in [2.45, 2.75) is 13.8 Å². The van der Waals surface area contributed by atoms with Gasteiger partial charge < -0.3 is 20.5 Å². The minimum atomic E-state index is -0.267. The van der Waals surface area contributed by atoms with Crippen LogP contribution in [0.3, 0.4) is 0 Å². The van der Waals surface area contributed by atoms with Gasteiger partial charge in [0, 0.05) is 15.7 Å². The van der Waals surface area contributed by atoms with Gasteiger partial charge in [-0.2, -0.15) is 5.10 Å². The van der Waals surface area contributed by atoms with Crippen molar-refractivity contribution in [1.82, 2.24) is 9.66 Å². The molecule has 0 atom stereocenters. The summed E-state index contributed by atoms with van der Waals surface area (Å²) in [6.07, 6.45) is 3.36. The Labute approximate surface area is 182 Å². The normalized spacial score (nSPS) is 10.9. The third-order valence-corrected chi connectivity index (χ3v) is 4.62. The molecule has 3 rings (SSSR count). The molecule has 0 aliphatic heterocycles. The van der Waals surface area contributed by atoms with Crippen molar-refractivity contribution in [3.05, 3.63) is 64.4 Å². The van der Waals surface area contributed by atoms with Crippen LogP contribution in [0.25, 0.3) is 0 Å². The molecule has 0 saturated heterocycles. The Kier molecular flexibility index (Phi) is 7.08. The first-order chi connectivity index (χ1) is 14.5. The number of carbonyl (C=O) groups excluding carboxylic acids is 1. The summed E-state index contributed by atoms with van der Waals surface area (Å²) in [7, 11) is 0. The molecule has 0 unspecified atom stereocenters. The van der Waals surface area contributed by atoms with E-state index in [0.717, 1.165) is 15.7 Å². The number of rotatable bonds is 8. The minimum Gasteiger partial charge on any atom is -0.490 e. The van der Waals surface area contributed by atoms with E-state index in [0.29, 0.717) is 29.7 Å². The maximum atomic E-state index is 12.2. The Hall–Kier alpha value is -3.33. The van der Waals surface area contributed by atoms with Crippen LogP contribution in [0.2, 0.25) is 0 Å². The molecule has 2 aromatic carbocycles. The van der Waals surface area contributed by atoms with Crippen molar-refractivity contribution in [2.75, 3.05) is 24.3 Å². The summed E-state index contributed by atoms with van der Waals surface area (Å²) in [4.78, 5) is 16.3. The molecule has 0 bridgehead atoms. The molecule has 1 aromatic heterocycles. The van der Waals surface area contributed by atoms with Gasteiger partial charge in [-0.05, 0) is 54.0 Å². The van der Waals surface area contributed by atoms with Crippen molar-refractivity contribution < 1.29 is 14.3 Å². The van der Waals surface area contributed by atoms with Gasteiger partial charge in [-0.15, -0.1) is 0 Å². The molecule has 3 N–H and O–H groups in total. The molecule has 9 heteroatoms. The summed E-state index contributed by atoms with van der Waals surface area (Å²) in [5.74, 6) is 0.983. The molecule has 3 aromatic rings. The molecule has 1 heterocycles. The maximum Gasteiger partial charge on any atom is 0.262 e. The van der Waals surface area contributed by atoms with Gasteiger partial charge in [-0.1, -0.05) is 18.2 Å². The number of nitrogen functional groups attached to an aromatic ring is 1. The highest BCUT2D eigenvalue weighted by Gasteiger charge is 2.12. The molecule has 1 amide bonds. The molecule has 0 spiro atoms. The number of aromatic nitrogens is 2. The van der Waals surface area contributed by atoms with Gasteiger partial charge in [0.1, 0.15) is 0 Å². The van der Waals surface area contributed by atoms with E-state index in [2.05, 4.69) is 31.3 Å². The monoisotopic (exact) mass is 471 g/mol. The van der Waals surface area contributed by atoms with E-state index in [1.54, 1.807) is 24.5 Å². The summed E-state index contributed by atoms with van der Waals surface area (Å²) in [5, 5.41) is 7.10. The number of nitrogens with zero attached hydrogens (tertiary/aromatic N) is 3. The second kappa shape index (κ2) is 9.93. The molecule has 0 aliphatic rings. The number of nitrogens with two attached hydrogens (primary N) is 1. The van der Waals surface area contributed by atoms with Gasteiger partial charge in [0.05, 0.1) is 24.7 Å². The number of aryl methyl sites for hydroxylation is 1. The number of imidazole rings is 1. The predicted molar refractivity (Wildman–Crippen MR) is 120 cm³/mol. The van der Waals surface area contributed by atoms with E-state index in [1.807, 2.05) is 44.2 Å². The molecule has 156 valence electrons. The van der Waals surface area contributed by atoms with E-state index in [1.165, 1.54) is 4.68 Å². The van der Waals surface area contributed by atoms with Crippen LogP contribution in [0.15, 0.2) is 58.2 Å². The number of ether oxygens (including phenoxy) is 2. The molecule has 0 fully saturated rings. The van der Waals surface area contributed by atoms with Crippen LogP contribution in [0, 0.1) is 6.92 Å². The highest BCUT2D eigenvalue weighted by Crippen LogP contribution is 2.33. The lowest BCUT2D eigenvalue weighted by Crippen LogP contribution is -2.20. The average molecular weight is 472 g/mol. The smallest absolute Gasteiger partial charge is 0.262 e. The highest BCUT2D eigenvalue weighted by atomic mass is 79.9. The number of anilines is 2. The molecule has 0 aliphatic carbocycles. The zero-order valence-electron chi connectivity index (χ0n) is 16.6.